The first-order chi connectivity index (χ1) is 9.97. The van der Waals surface area contributed by atoms with Crippen molar-refractivity contribution in [2.75, 3.05) is 17.2 Å². The molecule has 4 heteroatoms. The average molecular weight is 286 g/mol. The highest BCUT2D eigenvalue weighted by Crippen LogP contribution is 2.21. The third kappa shape index (κ3) is 3.81. The van der Waals surface area contributed by atoms with Gasteiger partial charge in [0.15, 0.2) is 0 Å². The highest BCUT2D eigenvalue weighted by molar-refractivity contribution is 5.94. The Bertz CT molecular complexity index is 645. The minimum atomic E-state index is -0.437. The van der Waals surface area contributed by atoms with Crippen molar-refractivity contribution in [3.05, 3.63) is 58.9 Å². The summed E-state index contributed by atoms with van der Waals surface area (Å²) in [6.45, 7) is 6.13. The number of carbonyl (C=O) groups is 1. The maximum Gasteiger partial charge on any atom is 0.243 e. The zero-order valence-electron chi connectivity index (χ0n) is 12.5. The lowest BCUT2D eigenvalue weighted by Crippen LogP contribution is -2.23. The van der Waals surface area contributed by atoms with Crippen molar-refractivity contribution >= 4 is 17.3 Å². The fourth-order valence-electron chi connectivity index (χ4n) is 2.38. The number of halogens is 1. The first-order valence-corrected chi connectivity index (χ1v) is 6.83. The first-order valence-electron chi connectivity index (χ1n) is 6.83. The monoisotopic (exact) mass is 286 g/mol. The van der Waals surface area contributed by atoms with E-state index < -0.39 is 5.82 Å². The molecule has 0 unspecified atom stereocenters. The van der Waals surface area contributed by atoms with E-state index in [9.17, 15) is 9.18 Å². The molecule has 0 aliphatic heterocycles. The van der Waals surface area contributed by atoms with Crippen LogP contribution in [-0.2, 0) is 4.79 Å². The van der Waals surface area contributed by atoms with E-state index in [0.29, 0.717) is 0 Å². The van der Waals surface area contributed by atoms with Gasteiger partial charge in [-0.25, -0.2) is 4.39 Å². The van der Waals surface area contributed by atoms with E-state index in [0.717, 1.165) is 16.8 Å². The fraction of sp³-hybridized carbons (Fsp3) is 0.235. The van der Waals surface area contributed by atoms with Gasteiger partial charge in [-0.15, -0.1) is 0 Å². The number of para-hydroxylation sites is 1. The Morgan fingerprint density at radius 1 is 1.10 bits per heavy atom. The number of amides is 1. The van der Waals surface area contributed by atoms with Crippen LogP contribution in [0.5, 0.6) is 0 Å². The van der Waals surface area contributed by atoms with Crippen molar-refractivity contribution in [3.8, 4) is 0 Å². The molecular formula is C17H19FN2O. The predicted molar refractivity (Wildman–Crippen MR) is 84.2 cm³/mol. The van der Waals surface area contributed by atoms with Gasteiger partial charge in [0.05, 0.1) is 12.2 Å². The highest BCUT2D eigenvalue weighted by Gasteiger charge is 2.08. The van der Waals surface area contributed by atoms with Crippen molar-refractivity contribution in [1.82, 2.24) is 0 Å². The zero-order valence-corrected chi connectivity index (χ0v) is 12.5. The summed E-state index contributed by atoms with van der Waals surface area (Å²) in [5, 5.41) is 5.67. The number of carbonyl (C=O) groups excluding carboxylic acids is 1. The number of hydrogen-bond donors (Lipinski definition) is 2. The zero-order chi connectivity index (χ0) is 15.4. The number of anilines is 2. The van der Waals surface area contributed by atoms with E-state index in [1.165, 1.54) is 17.7 Å². The molecule has 2 aromatic rings. The molecule has 1 amide bonds. The van der Waals surface area contributed by atoms with Crippen LogP contribution in [-0.4, -0.2) is 12.5 Å². The summed E-state index contributed by atoms with van der Waals surface area (Å²) in [6, 6.07) is 10.2. The van der Waals surface area contributed by atoms with E-state index in [2.05, 4.69) is 22.8 Å². The van der Waals surface area contributed by atoms with Gasteiger partial charge in [-0.1, -0.05) is 29.8 Å². The van der Waals surface area contributed by atoms with Gasteiger partial charge in [0.1, 0.15) is 5.82 Å². The van der Waals surface area contributed by atoms with E-state index >= 15 is 0 Å². The maximum absolute atomic E-state index is 13.5. The third-order valence-electron chi connectivity index (χ3n) is 3.25. The fourth-order valence-corrected chi connectivity index (χ4v) is 2.38. The molecule has 2 aromatic carbocycles. The normalized spacial score (nSPS) is 10.3. The molecular weight excluding hydrogens is 267 g/mol. The number of benzene rings is 2. The standard InChI is InChI=1S/C17H19FN2O/c1-11-8-12(2)17(13(3)9-11)19-10-16(21)20-15-7-5-4-6-14(15)18/h4-9,19H,10H2,1-3H3,(H,20,21). The number of rotatable bonds is 4. The molecule has 2 rings (SSSR count). The summed E-state index contributed by atoms with van der Waals surface area (Å²) in [6.07, 6.45) is 0. The van der Waals surface area contributed by atoms with Crippen LogP contribution in [0.2, 0.25) is 0 Å². The Morgan fingerprint density at radius 3 is 2.33 bits per heavy atom. The Balaban J connectivity index is 2.01. The quantitative estimate of drug-likeness (QED) is 0.897. The second-order valence-electron chi connectivity index (χ2n) is 5.16. The van der Waals surface area contributed by atoms with Crippen molar-refractivity contribution in [3.63, 3.8) is 0 Å². The largest absolute Gasteiger partial charge is 0.376 e. The van der Waals surface area contributed by atoms with E-state index in [1.807, 2.05) is 20.8 Å². The van der Waals surface area contributed by atoms with Crippen LogP contribution in [0.4, 0.5) is 15.8 Å². The molecule has 0 atom stereocenters. The van der Waals surface area contributed by atoms with Crippen LogP contribution in [0, 0.1) is 26.6 Å². The van der Waals surface area contributed by atoms with Crippen LogP contribution in [0.15, 0.2) is 36.4 Å². The molecule has 21 heavy (non-hydrogen) atoms. The summed E-state index contributed by atoms with van der Waals surface area (Å²) >= 11 is 0. The van der Waals surface area contributed by atoms with E-state index in [4.69, 9.17) is 0 Å². The molecule has 0 radical (unpaired) electrons. The molecule has 0 fully saturated rings. The predicted octanol–water partition coefficient (Wildman–Crippen LogP) is 3.80. The molecule has 2 N–H and O–H groups in total. The van der Waals surface area contributed by atoms with Gasteiger partial charge in [-0.2, -0.15) is 0 Å². The van der Waals surface area contributed by atoms with Gasteiger partial charge < -0.3 is 10.6 Å². The minimum Gasteiger partial charge on any atom is -0.376 e. The molecule has 0 aliphatic rings. The van der Waals surface area contributed by atoms with Crippen LogP contribution < -0.4 is 10.6 Å². The number of nitrogens with one attached hydrogen (secondary N) is 2. The topological polar surface area (TPSA) is 41.1 Å². The summed E-state index contributed by atoms with van der Waals surface area (Å²) in [4.78, 5) is 11.9. The van der Waals surface area contributed by atoms with Gasteiger partial charge in [-0.05, 0) is 44.0 Å². The van der Waals surface area contributed by atoms with Crippen LogP contribution >= 0.6 is 0 Å². The molecule has 0 saturated heterocycles. The summed E-state index contributed by atoms with van der Waals surface area (Å²) in [5.74, 6) is -0.715. The highest BCUT2D eigenvalue weighted by atomic mass is 19.1. The second kappa shape index (κ2) is 6.39. The molecule has 0 heterocycles. The Kier molecular flexibility index (Phi) is 4.58. The van der Waals surface area contributed by atoms with Gasteiger partial charge in [0, 0.05) is 5.69 Å². The van der Waals surface area contributed by atoms with Crippen molar-refractivity contribution in [2.45, 2.75) is 20.8 Å². The molecule has 0 aliphatic carbocycles. The minimum absolute atomic E-state index is 0.0963. The maximum atomic E-state index is 13.5. The third-order valence-corrected chi connectivity index (χ3v) is 3.25. The number of aryl methyl sites for hydroxylation is 3. The molecule has 3 nitrogen and oxygen atoms in total. The van der Waals surface area contributed by atoms with Crippen molar-refractivity contribution < 1.29 is 9.18 Å². The van der Waals surface area contributed by atoms with E-state index in [-0.39, 0.29) is 18.1 Å². The lowest BCUT2D eigenvalue weighted by Gasteiger charge is -2.14. The molecule has 0 aromatic heterocycles. The summed E-state index contributed by atoms with van der Waals surface area (Å²) in [7, 11) is 0. The molecule has 0 bridgehead atoms. The van der Waals surface area contributed by atoms with Crippen LogP contribution in [0.25, 0.3) is 0 Å². The molecule has 0 spiro atoms. The Labute approximate surface area is 124 Å². The summed E-state index contributed by atoms with van der Waals surface area (Å²) < 4.78 is 13.5. The SMILES string of the molecule is Cc1cc(C)c(NCC(=O)Nc2ccccc2F)c(C)c1. The van der Waals surface area contributed by atoms with Crippen LogP contribution in [0.1, 0.15) is 16.7 Å². The van der Waals surface area contributed by atoms with Crippen molar-refractivity contribution in [2.24, 2.45) is 0 Å². The van der Waals surface area contributed by atoms with Crippen molar-refractivity contribution in [1.29, 1.82) is 0 Å². The molecule has 0 saturated carbocycles. The lowest BCUT2D eigenvalue weighted by molar-refractivity contribution is -0.114. The molecule has 110 valence electrons. The lowest BCUT2D eigenvalue weighted by atomic mass is 10.1. The number of hydrogen-bond acceptors (Lipinski definition) is 2. The van der Waals surface area contributed by atoms with Crippen LogP contribution in [0.3, 0.4) is 0 Å². The average Bonchev–Trinajstić information content (AvgIpc) is 2.40. The first kappa shape index (κ1) is 15.0. The summed E-state index contributed by atoms with van der Waals surface area (Å²) in [5.41, 5.74) is 4.51. The van der Waals surface area contributed by atoms with Gasteiger partial charge >= 0.3 is 0 Å². The van der Waals surface area contributed by atoms with Gasteiger partial charge in [0.25, 0.3) is 0 Å². The Morgan fingerprint density at radius 2 is 1.71 bits per heavy atom. The van der Waals surface area contributed by atoms with E-state index in [1.54, 1.807) is 12.1 Å². The van der Waals surface area contributed by atoms with Gasteiger partial charge in [-0.3, -0.25) is 4.79 Å². The second-order valence-corrected chi connectivity index (χ2v) is 5.16. The van der Waals surface area contributed by atoms with Gasteiger partial charge in [0.2, 0.25) is 5.91 Å². The Hall–Kier alpha value is -2.36. The smallest absolute Gasteiger partial charge is 0.243 e.